The second-order valence-electron chi connectivity index (χ2n) is 6.44. The number of carbonyl (C=O) groups excluding carboxylic acids is 2. The van der Waals surface area contributed by atoms with Gasteiger partial charge in [0.15, 0.2) is 0 Å². The summed E-state index contributed by atoms with van der Waals surface area (Å²) < 4.78 is 12.9. The van der Waals surface area contributed by atoms with Crippen molar-refractivity contribution in [2.75, 3.05) is 39.3 Å². The summed E-state index contributed by atoms with van der Waals surface area (Å²) in [4.78, 5) is 28.6. The molecule has 1 N–H and O–H groups in total. The standard InChI is InChI=1S/C19H28FN3O2/c1-3-15(4-2)19(25)23-13-11-22(12-14-23)10-9-21-18(24)16-5-7-17(20)8-6-16/h5-8,15H,3-4,9-14H2,1-2H3,(H,21,24). The Bertz CT molecular complexity index is 565. The smallest absolute Gasteiger partial charge is 0.251 e. The molecule has 0 aliphatic carbocycles. The number of piperazine rings is 1. The van der Waals surface area contributed by atoms with Gasteiger partial charge in [-0.1, -0.05) is 13.8 Å². The number of rotatable bonds is 7. The fraction of sp³-hybridized carbons (Fsp3) is 0.579. The Labute approximate surface area is 149 Å². The van der Waals surface area contributed by atoms with E-state index < -0.39 is 0 Å². The van der Waals surface area contributed by atoms with Gasteiger partial charge >= 0.3 is 0 Å². The largest absolute Gasteiger partial charge is 0.351 e. The molecule has 25 heavy (non-hydrogen) atoms. The van der Waals surface area contributed by atoms with Gasteiger partial charge in [0.1, 0.15) is 5.82 Å². The van der Waals surface area contributed by atoms with Crippen LogP contribution >= 0.6 is 0 Å². The van der Waals surface area contributed by atoms with Gasteiger partial charge in [0.05, 0.1) is 0 Å². The molecule has 0 bridgehead atoms. The van der Waals surface area contributed by atoms with Crippen molar-refractivity contribution in [2.24, 2.45) is 5.92 Å². The zero-order valence-electron chi connectivity index (χ0n) is 15.1. The minimum absolute atomic E-state index is 0.140. The third-order valence-electron chi connectivity index (χ3n) is 4.84. The van der Waals surface area contributed by atoms with Crippen molar-refractivity contribution < 1.29 is 14.0 Å². The van der Waals surface area contributed by atoms with Gasteiger partial charge in [-0.3, -0.25) is 14.5 Å². The van der Waals surface area contributed by atoms with Gasteiger partial charge in [-0.05, 0) is 37.1 Å². The highest BCUT2D eigenvalue weighted by atomic mass is 19.1. The summed E-state index contributed by atoms with van der Waals surface area (Å²) in [6.07, 6.45) is 1.79. The second kappa shape index (κ2) is 9.51. The number of hydrogen-bond acceptors (Lipinski definition) is 3. The second-order valence-corrected chi connectivity index (χ2v) is 6.44. The van der Waals surface area contributed by atoms with Crippen LogP contribution in [0, 0.1) is 11.7 Å². The Kier molecular flexibility index (Phi) is 7.37. The average molecular weight is 349 g/mol. The van der Waals surface area contributed by atoms with Crippen molar-refractivity contribution in [3.05, 3.63) is 35.6 Å². The molecule has 2 amide bonds. The van der Waals surface area contributed by atoms with Crippen LogP contribution in [-0.2, 0) is 4.79 Å². The molecule has 1 aliphatic heterocycles. The van der Waals surface area contributed by atoms with Crippen molar-refractivity contribution in [2.45, 2.75) is 26.7 Å². The molecule has 0 saturated carbocycles. The number of hydrogen-bond donors (Lipinski definition) is 1. The van der Waals surface area contributed by atoms with Crippen molar-refractivity contribution in [1.29, 1.82) is 0 Å². The summed E-state index contributed by atoms with van der Waals surface area (Å²) in [5, 5.41) is 2.85. The molecule has 1 aromatic carbocycles. The van der Waals surface area contributed by atoms with Gasteiger partial charge in [-0.25, -0.2) is 4.39 Å². The zero-order valence-corrected chi connectivity index (χ0v) is 15.1. The Balaban J connectivity index is 1.69. The van der Waals surface area contributed by atoms with E-state index in [1.807, 2.05) is 4.90 Å². The molecule has 1 saturated heterocycles. The first-order valence-corrected chi connectivity index (χ1v) is 9.10. The Morgan fingerprint density at radius 2 is 1.68 bits per heavy atom. The molecule has 0 radical (unpaired) electrons. The molecular weight excluding hydrogens is 321 g/mol. The van der Waals surface area contributed by atoms with Gasteiger partial charge < -0.3 is 10.2 Å². The zero-order chi connectivity index (χ0) is 18.2. The molecule has 0 atom stereocenters. The molecule has 138 valence electrons. The Morgan fingerprint density at radius 1 is 1.08 bits per heavy atom. The molecule has 1 fully saturated rings. The molecule has 1 aliphatic rings. The first-order valence-electron chi connectivity index (χ1n) is 9.10. The van der Waals surface area contributed by atoms with Crippen LogP contribution in [0.5, 0.6) is 0 Å². The average Bonchev–Trinajstić information content (AvgIpc) is 2.63. The van der Waals surface area contributed by atoms with Crippen molar-refractivity contribution >= 4 is 11.8 Å². The normalized spacial score (nSPS) is 15.4. The molecule has 5 nitrogen and oxygen atoms in total. The predicted octanol–water partition coefficient (Wildman–Crippen LogP) is 2.14. The maximum atomic E-state index is 12.9. The monoisotopic (exact) mass is 349 g/mol. The maximum absolute atomic E-state index is 12.9. The lowest BCUT2D eigenvalue weighted by Gasteiger charge is -2.36. The Hall–Kier alpha value is -1.95. The lowest BCUT2D eigenvalue weighted by atomic mass is 10.0. The fourth-order valence-electron chi connectivity index (χ4n) is 3.12. The maximum Gasteiger partial charge on any atom is 0.251 e. The third-order valence-corrected chi connectivity index (χ3v) is 4.84. The van der Waals surface area contributed by atoms with Gasteiger partial charge in [0.2, 0.25) is 5.91 Å². The molecule has 0 aromatic heterocycles. The van der Waals surface area contributed by atoms with Gasteiger partial charge in [-0.2, -0.15) is 0 Å². The van der Waals surface area contributed by atoms with E-state index in [-0.39, 0.29) is 23.5 Å². The number of benzene rings is 1. The van der Waals surface area contributed by atoms with E-state index in [0.717, 1.165) is 45.6 Å². The minimum Gasteiger partial charge on any atom is -0.351 e. The van der Waals surface area contributed by atoms with Gasteiger partial charge in [0.25, 0.3) is 5.91 Å². The summed E-state index contributed by atoms with van der Waals surface area (Å²) in [6, 6.07) is 5.52. The fourth-order valence-corrected chi connectivity index (χ4v) is 3.12. The summed E-state index contributed by atoms with van der Waals surface area (Å²) in [6.45, 7) is 8.58. The van der Waals surface area contributed by atoms with Crippen LogP contribution in [0.4, 0.5) is 4.39 Å². The van der Waals surface area contributed by atoms with Crippen LogP contribution in [0.1, 0.15) is 37.0 Å². The van der Waals surface area contributed by atoms with E-state index in [4.69, 9.17) is 0 Å². The van der Waals surface area contributed by atoms with Crippen LogP contribution in [0.2, 0.25) is 0 Å². The highest BCUT2D eigenvalue weighted by Gasteiger charge is 2.25. The van der Waals surface area contributed by atoms with E-state index in [1.54, 1.807) is 0 Å². The summed E-state index contributed by atoms with van der Waals surface area (Å²) in [5.74, 6) is -0.129. The van der Waals surface area contributed by atoms with E-state index >= 15 is 0 Å². The van der Waals surface area contributed by atoms with Crippen LogP contribution in [-0.4, -0.2) is 60.9 Å². The topological polar surface area (TPSA) is 52.7 Å². The molecule has 6 heteroatoms. The first-order chi connectivity index (χ1) is 12.0. The van der Waals surface area contributed by atoms with E-state index in [9.17, 15) is 14.0 Å². The summed E-state index contributed by atoms with van der Waals surface area (Å²) >= 11 is 0. The van der Waals surface area contributed by atoms with E-state index in [2.05, 4.69) is 24.1 Å². The molecular formula is C19H28FN3O2. The van der Waals surface area contributed by atoms with Crippen molar-refractivity contribution in [1.82, 2.24) is 15.1 Å². The van der Waals surface area contributed by atoms with Crippen LogP contribution < -0.4 is 5.32 Å². The van der Waals surface area contributed by atoms with Gasteiger partial charge in [0, 0.05) is 50.7 Å². The molecule has 1 heterocycles. The molecule has 2 rings (SSSR count). The lowest BCUT2D eigenvalue weighted by molar-refractivity contribution is -0.137. The number of halogens is 1. The molecule has 1 aromatic rings. The lowest BCUT2D eigenvalue weighted by Crippen LogP contribution is -2.51. The van der Waals surface area contributed by atoms with Crippen molar-refractivity contribution in [3.8, 4) is 0 Å². The quantitative estimate of drug-likeness (QED) is 0.820. The van der Waals surface area contributed by atoms with Gasteiger partial charge in [-0.15, -0.1) is 0 Å². The SMILES string of the molecule is CCC(CC)C(=O)N1CCN(CCNC(=O)c2ccc(F)cc2)CC1. The summed E-state index contributed by atoms with van der Waals surface area (Å²) in [5.41, 5.74) is 0.460. The predicted molar refractivity (Wildman–Crippen MR) is 95.8 cm³/mol. The summed E-state index contributed by atoms with van der Waals surface area (Å²) in [7, 11) is 0. The Morgan fingerprint density at radius 3 is 2.24 bits per heavy atom. The highest BCUT2D eigenvalue weighted by molar-refractivity contribution is 5.94. The number of amides is 2. The van der Waals surface area contributed by atoms with Crippen LogP contribution in [0.25, 0.3) is 0 Å². The highest BCUT2D eigenvalue weighted by Crippen LogP contribution is 2.13. The van der Waals surface area contributed by atoms with Crippen LogP contribution in [0.3, 0.4) is 0 Å². The number of carbonyl (C=O) groups is 2. The third kappa shape index (κ3) is 5.53. The van der Waals surface area contributed by atoms with Crippen molar-refractivity contribution in [3.63, 3.8) is 0 Å². The number of nitrogens with zero attached hydrogens (tertiary/aromatic N) is 2. The number of nitrogens with one attached hydrogen (secondary N) is 1. The van der Waals surface area contributed by atoms with Crippen LogP contribution in [0.15, 0.2) is 24.3 Å². The minimum atomic E-state index is -0.350. The first kappa shape index (κ1) is 19.4. The van der Waals surface area contributed by atoms with E-state index in [1.165, 1.54) is 24.3 Å². The van der Waals surface area contributed by atoms with E-state index in [0.29, 0.717) is 12.1 Å². The molecule has 0 spiro atoms. The molecule has 0 unspecified atom stereocenters.